The Morgan fingerprint density at radius 1 is 1.21 bits per heavy atom. The summed E-state index contributed by atoms with van der Waals surface area (Å²) in [7, 11) is 0. The third-order valence-electron chi connectivity index (χ3n) is 3.76. The number of nitrogens with one attached hydrogen (secondary N) is 1. The number of hydrogen-bond donors (Lipinski definition) is 1. The molecule has 0 saturated heterocycles. The molecule has 6 heteroatoms. The van der Waals surface area contributed by atoms with E-state index in [1.165, 1.54) is 0 Å². The molecule has 2 aromatic carbocycles. The van der Waals surface area contributed by atoms with Gasteiger partial charge in [-0.25, -0.2) is 0 Å². The molecular formula is C18H17IN2O3. The first-order valence-electron chi connectivity index (χ1n) is 7.67. The molecule has 2 aromatic rings. The van der Waals surface area contributed by atoms with Crippen LogP contribution in [0, 0.1) is 3.57 Å². The Hall–Kier alpha value is -2.09. The van der Waals surface area contributed by atoms with Crippen molar-refractivity contribution in [3.63, 3.8) is 0 Å². The van der Waals surface area contributed by atoms with E-state index in [1.807, 2.05) is 48.5 Å². The van der Waals surface area contributed by atoms with Crippen molar-refractivity contribution in [1.29, 1.82) is 0 Å². The molecule has 24 heavy (non-hydrogen) atoms. The second kappa shape index (κ2) is 7.21. The van der Waals surface area contributed by atoms with Crippen LogP contribution in [0.25, 0.3) is 0 Å². The highest BCUT2D eigenvalue weighted by molar-refractivity contribution is 14.1. The molecule has 124 valence electrons. The molecule has 0 bridgehead atoms. The molecule has 1 unspecified atom stereocenters. The van der Waals surface area contributed by atoms with E-state index in [2.05, 4.69) is 27.9 Å². The number of para-hydroxylation sites is 2. The van der Waals surface area contributed by atoms with Crippen LogP contribution in [-0.4, -0.2) is 24.5 Å². The lowest BCUT2D eigenvalue weighted by atomic mass is 10.1. The minimum absolute atomic E-state index is 0.124. The Morgan fingerprint density at radius 2 is 1.92 bits per heavy atom. The van der Waals surface area contributed by atoms with Crippen molar-refractivity contribution in [2.45, 2.75) is 19.4 Å². The molecule has 1 atom stereocenters. The summed E-state index contributed by atoms with van der Waals surface area (Å²) in [5.41, 5.74) is 1.46. The number of hydrogen-bond acceptors (Lipinski definition) is 3. The second-order valence-electron chi connectivity index (χ2n) is 5.52. The Kier molecular flexibility index (Phi) is 5.03. The number of carbonyl (C=O) groups is 2. The van der Waals surface area contributed by atoms with E-state index < -0.39 is 6.10 Å². The highest BCUT2D eigenvalue weighted by atomic mass is 127. The quantitative estimate of drug-likeness (QED) is 0.748. The molecule has 1 aliphatic rings. The van der Waals surface area contributed by atoms with Crippen LogP contribution in [-0.2, 0) is 9.59 Å². The largest absolute Gasteiger partial charge is 0.479 e. The summed E-state index contributed by atoms with van der Waals surface area (Å²) in [4.78, 5) is 26.1. The van der Waals surface area contributed by atoms with Gasteiger partial charge in [-0.1, -0.05) is 12.1 Å². The molecule has 0 radical (unpaired) electrons. The van der Waals surface area contributed by atoms with Crippen molar-refractivity contribution in [2.24, 2.45) is 0 Å². The van der Waals surface area contributed by atoms with Gasteiger partial charge in [0.2, 0.25) is 5.91 Å². The fourth-order valence-electron chi connectivity index (χ4n) is 2.56. The highest BCUT2D eigenvalue weighted by Gasteiger charge is 2.31. The maximum absolute atomic E-state index is 12.4. The monoisotopic (exact) mass is 436 g/mol. The van der Waals surface area contributed by atoms with E-state index in [0.29, 0.717) is 18.0 Å². The first kappa shape index (κ1) is 16.8. The number of fused-ring (bicyclic) bond motifs is 1. The number of carbonyl (C=O) groups excluding carboxylic acids is 2. The lowest BCUT2D eigenvalue weighted by Gasteiger charge is -2.32. The fourth-order valence-corrected chi connectivity index (χ4v) is 2.92. The topological polar surface area (TPSA) is 58.6 Å². The van der Waals surface area contributed by atoms with Crippen LogP contribution in [0.5, 0.6) is 5.75 Å². The minimum atomic E-state index is -0.542. The average molecular weight is 436 g/mol. The molecule has 0 fully saturated rings. The summed E-state index contributed by atoms with van der Waals surface area (Å²) >= 11 is 2.21. The standard InChI is InChI=1S/C18H17IN2O3/c1-12-18(23)21(15-4-2-3-5-16(15)24-12)11-10-17(22)20-14-8-6-13(19)7-9-14/h2-9,12H,10-11H2,1H3,(H,20,22). The van der Waals surface area contributed by atoms with Crippen LogP contribution >= 0.6 is 22.6 Å². The third kappa shape index (κ3) is 3.69. The average Bonchev–Trinajstić information content (AvgIpc) is 2.57. The highest BCUT2D eigenvalue weighted by Crippen LogP contribution is 2.33. The van der Waals surface area contributed by atoms with Gasteiger partial charge >= 0.3 is 0 Å². The van der Waals surface area contributed by atoms with Crippen molar-refractivity contribution >= 4 is 45.8 Å². The SMILES string of the molecule is CC1Oc2ccccc2N(CCC(=O)Nc2ccc(I)cc2)C1=O. The van der Waals surface area contributed by atoms with Crippen LogP contribution in [0.4, 0.5) is 11.4 Å². The van der Waals surface area contributed by atoms with E-state index in [1.54, 1.807) is 11.8 Å². The molecule has 0 aromatic heterocycles. The van der Waals surface area contributed by atoms with Gasteiger partial charge in [-0.2, -0.15) is 0 Å². The van der Waals surface area contributed by atoms with Gasteiger partial charge in [0.05, 0.1) is 5.69 Å². The fraction of sp³-hybridized carbons (Fsp3) is 0.222. The molecule has 2 amide bonds. The normalized spacial score (nSPS) is 16.3. The molecular weight excluding hydrogens is 419 g/mol. The lowest BCUT2D eigenvalue weighted by molar-refractivity contribution is -0.125. The second-order valence-corrected chi connectivity index (χ2v) is 6.77. The van der Waals surface area contributed by atoms with Crippen molar-refractivity contribution in [3.8, 4) is 5.75 Å². The van der Waals surface area contributed by atoms with Gasteiger partial charge in [-0.15, -0.1) is 0 Å². The zero-order valence-electron chi connectivity index (χ0n) is 13.2. The first-order valence-corrected chi connectivity index (χ1v) is 8.75. The molecule has 1 heterocycles. The predicted octanol–water partition coefficient (Wildman–Crippen LogP) is 3.43. The van der Waals surface area contributed by atoms with E-state index in [9.17, 15) is 9.59 Å². The van der Waals surface area contributed by atoms with Gasteiger partial charge in [0.25, 0.3) is 5.91 Å². The molecule has 0 saturated carbocycles. The number of rotatable bonds is 4. The summed E-state index contributed by atoms with van der Waals surface area (Å²) < 4.78 is 6.70. The van der Waals surface area contributed by atoms with Crippen LogP contribution < -0.4 is 15.0 Å². The number of halogens is 1. The summed E-state index contributed by atoms with van der Waals surface area (Å²) in [5, 5.41) is 2.85. The summed E-state index contributed by atoms with van der Waals surface area (Å²) in [6.07, 6.45) is -0.321. The summed E-state index contributed by atoms with van der Waals surface area (Å²) in [6.45, 7) is 2.04. The molecule has 0 aliphatic carbocycles. The number of ether oxygens (including phenoxy) is 1. The smallest absolute Gasteiger partial charge is 0.267 e. The zero-order chi connectivity index (χ0) is 17.1. The van der Waals surface area contributed by atoms with Crippen molar-refractivity contribution in [1.82, 2.24) is 0 Å². The Balaban J connectivity index is 1.66. The van der Waals surface area contributed by atoms with Crippen molar-refractivity contribution in [2.75, 3.05) is 16.8 Å². The minimum Gasteiger partial charge on any atom is -0.479 e. The van der Waals surface area contributed by atoms with Crippen LogP contribution in [0.15, 0.2) is 48.5 Å². The summed E-state index contributed by atoms with van der Waals surface area (Å²) in [5.74, 6) is 0.416. The van der Waals surface area contributed by atoms with Gasteiger partial charge in [0.1, 0.15) is 5.75 Å². The maximum Gasteiger partial charge on any atom is 0.267 e. The number of benzene rings is 2. The van der Waals surface area contributed by atoms with Crippen molar-refractivity contribution < 1.29 is 14.3 Å². The molecule has 5 nitrogen and oxygen atoms in total. The van der Waals surface area contributed by atoms with Crippen molar-refractivity contribution in [3.05, 3.63) is 52.1 Å². The number of anilines is 2. The van der Waals surface area contributed by atoms with Gasteiger partial charge in [0, 0.05) is 22.2 Å². The molecule has 1 N–H and O–H groups in total. The first-order chi connectivity index (χ1) is 11.5. The van der Waals surface area contributed by atoms with E-state index >= 15 is 0 Å². The van der Waals surface area contributed by atoms with Crippen LogP contribution in [0.1, 0.15) is 13.3 Å². The van der Waals surface area contributed by atoms with Crippen LogP contribution in [0.2, 0.25) is 0 Å². The molecule has 1 aliphatic heterocycles. The van der Waals surface area contributed by atoms with Gasteiger partial charge < -0.3 is 15.0 Å². The molecule has 0 spiro atoms. The molecule has 3 rings (SSSR count). The zero-order valence-corrected chi connectivity index (χ0v) is 15.3. The Labute approximate surface area is 154 Å². The maximum atomic E-state index is 12.4. The Bertz CT molecular complexity index is 761. The van der Waals surface area contributed by atoms with Gasteiger partial charge in [-0.05, 0) is 65.9 Å². The number of nitrogens with zero attached hydrogens (tertiary/aromatic N) is 1. The lowest BCUT2D eigenvalue weighted by Crippen LogP contribution is -2.45. The Morgan fingerprint density at radius 3 is 2.67 bits per heavy atom. The van der Waals surface area contributed by atoms with E-state index in [-0.39, 0.29) is 18.2 Å². The van der Waals surface area contributed by atoms with Gasteiger partial charge in [-0.3, -0.25) is 9.59 Å². The van der Waals surface area contributed by atoms with E-state index in [0.717, 1.165) is 9.26 Å². The predicted molar refractivity (Wildman–Crippen MR) is 101 cm³/mol. The summed E-state index contributed by atoms with van der Waals surface area (Å²) in [6, 6.07) is 15.0. The van der Waals surface area contributed by atoms with Crippen LogP contribution in [0.3, 0.4) is 0 Å². The van der Waals surface area contributed by atoms with E-state index in [4.69, 9.17) is 4.74 Å². The van der Waals surface area contributed by atoms with Gasteiger partial charge in [0.15, 0.2) is 6.10 Å². The number of amides is 2. The third-order valence-corrected chi connectivity index (χ3v) is 4.48.